The summed E-state index contributed by atoms with van der Waals surface area (Å²) in [6.07, 6.45) is 7.26. The highest BCUT2D eigenvalue weighted by Gasteiger charge is 2.44. The minimum absolute atomic E-state index is 0.0527. The molecule has 0 bridgehead atoms. The van der Waals surface area contributed by atoms with Crippen molar-refractivity contribution >= 4 is 5.91 Å². The lowest BCUT2D eigenvalue weighted by atomic mass is 9.72. The Labute approximate surface area is 332 Å². The van der Waals surface area contributed by atoms with Gasteiger partial charge in [-0.1, -0.05) is 43.7 Å². The van der Waals surface area contributed by atoms with Crippen molar-refractivity contribution in [3.8, 4) is 23.0 Å². The summed E-state index contributed by atoms with van der Waals surface area (Å²) in [7, 11) is 6.75. The van der Waals surface area contributed by atoms with E-state index in [0.717, 1.165) is 61.4 Å². The summed E-state index contributed by atoms with van der Waals surface area (Å²) in [5, 5.41) is 9.80. The van der Waals surface area contributed by atoms with Crippen LogP contribution in [0.2, 0.25) is 0 Å². The van der Waals surface area contributed by atoms with E-state index in [-0.39, 0.29) is 36.4 Å². The quantitative estimate of drug-likeness (QED) is 0.178. The molecule has 10 nitrogen and oxygen atoms in total. The standard InChI is InChI=1S/C46H60N2O8/c1-7-29-28-47-18-16-31-23-40(51-3)42(53-5)26-36(31)38(47)21-33(29)22-39-37-27-43(54-6)41(52-4)24-32(37)17-19-48(39)45(50)44-25-35(30-13-10-9-11-14-30)34(15-12-20-49)46(56-44)55-8-2/h9-11,13-14,23-27,29,33-35,38-39,46,49H,7-8,12,15-22,28H2,1-6H3. The van der Waals surface area contributed by atoms with E-state index in [4.69, 9.17) is 28.4 Å². The van der Waals surface area contributed by atoms with Crippen molar-refractivity contribution in [3.05, 3.63) is 94.2 Å². The van der Waals surface area contributed by atoms with Crippen molar-refractivity contribution in [1.29, 1.82) is 0 Å². The second-order valence-electron chi connectivity index (χ2n) is 15.7. The van der Waals surface area contributed by atoms with Gasteiger partial charge < -0.3 is 38.4 Å². The van der Waals surface area contributed by atoms with Crippen molar-refractivity contribution in [3.63, 3.8) is 0 Å². The third kappa shape index (κ3) is 7.85. The number of amides is 1. The van der Waals surface area contributed by atoms with Gasteiger partial charge in [-0.3, -0.25) is 9.69 Å². The van der Waals surface area contributed by atoms with Crippen LogP contribution in [0.4, 0.5) is 0 Å². The molecule has 1 N–H and O–H groups in total. The Morgan fingerprint density at radius 1 is 0.839 bits per heavy atom. The first-order valence-electron chi connectivity index (χ1n) is 20.6. The minimum atomic E-state index is -0.614. The van der Waals surface area contributed by atoms with Gasteiger partial charge in [0.1, 0.15) is 0 Å². The molecule has 1 amide bonds. The van der Waals surface area contributed by atoms with E-state index in [1.807, 2.05) is 31.2 Å². The summed E-state index contributed by atoms with van der Waals surface area (Å²) in [6.45, 7) is 7.37. The molecule has 4 heterocycles. The molecule has 0 spiro atoms. The molecule has 1 saturated heterocycles. The molecule has 302 valence electrons. The number of piperidine rings is 1. The van der Waals surface area contributed by atoms with Crippen LogP contribution in [0, 0.1) is 17.8 Å². The Morgan fingerprint density at radius 2 is 1.48 bits per heavy atom. The summed E-state index contributed by atoms with van der Waals surface area (Å²) in [5.74, 6) is 3.76. The first-order valence-corrected chi connectivity index (χ1v) is 20.6. The molecule has 7 atom stereocenters. The average molecular weight is 769 g/mol. The van der Waals surface area contributed by atoms with E-state index in [2.05, 4.69) is 53.1 Å². The van der Waals surface area contributed by atoms with E-state index < -0.39 is 6.29 Å². The van der Waals surface area contributed by atoms with Crippen LogP contribution < -0.4 is 18.9 Å². The van der Waals surface area contributed by atoms with Gasteiger partial charge in [-0.05, 0) is 115 Å². The summed E-state index contributed by atoms with van der Waals surface area (Å²) in [4.78, 5) is 19.9. The van der Waals surface area contributed by atoms with Crippen LogP contribution in [0.1, 0.15) is 91.8 Å². The highest BCUT2D eigenvalue weighted by Crippen LogP contribution is 2.50. The van der Waals surface area contributed by atoms with Gasteiger partial charge >= 0.3 is 0 Å². The summed E-state index contributed by atoms with van der Waals surface area (Å²) in [6, 6.07) is 18.9. The summed E-state index contributed by atoms with van der Waals surface area (Å²) >= 11 is 0. The fourth-order valence-corrected chi connectivity index (χ4v) is 10.0. The van der Waals surface area contributed by atoms with Crippen molar-refractivity contribution in [2.45, 2.75) is 83.1 Å². The fourth-order valence-electron chi connectivity index (χ4n) is 10.0. The molecule has 4 aliphatic heterocycles. The molecule has 56 heavy (non-hydrogen) atoms. The van der Waals surface area contributed by atoms with Crippen LogP contribution >= 0.6 is 0 Å². The Kier molecular flexibility index (Phi) is 12.8. The lowest BCUT2D eigenvalue weighted by Crippen LogP contribution is -2.48. The molecule has 7 rings (SSSR count). The second-order valence-corrected chi connectivity index (χ2v) is 15.7. The minimum Gasteiger partial charge on any atom is -0.493 e. The molecule has 0 aliphatic carbocycles. The van der Waals surface area contributed by atoms with Gasteiger partial charge in [-0.25, -0.2) is 0 Å². The number of carbonyl (C=O) groups excluding carboxylic acids is 1. The van der Waals surface area contributed by atoms with Gasteiger partial charge in [0.2, 0.25) is 6.29 Å². The molecule has 0 aromatic heterocycles. The van der Waals surface area contributed by atoms with E-state index in [0.29, 0.717) is 61.5 Å². The van der Waals surface area contributed by atoms with Crippen molar-refractivity contribution in [2.24, 2.45) is 17.8 Å². The molecule has 3 aromatic carbocycles. The molecule has 3 aromatic rings. The molecular weight excluding hydrogens is 709 g/mol. The van der Waals surface area contributed by atoms with Gasteiger partial charge in [0.25, 0.3) is 5.91 Å². The molecule has 7 unspecified atom stereocenters. The number of carbonyl (C=O) groups is 1. The van der Waals surface area contributed by atoms with Crippen LogP contribution in [-0.2, 0) is 27.1 Å². The number of ether oxygens (including phenoxy) is 6. The number of hydrogen-bond acceptors (Lipinski definition) is 9. The first-order chi connectivity index (χ1) is 27.3. The zero-order valence-electron chi connectivity index (χ0n) is 34.0. The lowest BCUT2D eigenvalue weighted by Gasteiger charge is -2.49. The highest BCUT2D eigenvalue weighted by atomic mass is 16.7. The van der Waals surface area contributed by atoms with E-state index >= 15 is 4.79 Å². The Morgan fingerprint density at radius 3 is 2.12 bits per heavy atom. The molecule has 10 heteroatoms. The number of allylic oxidation sites excluding steroid dienone is 1. The predicted octanol–water partition coefficient (Wildman–Crippen LogP) is 7.63. The first kappa shape index (κ1) is 40.0. The van der Waals surface area contributed by atoms with Crippen LogP contribution in [0.5, 0.6) is 23.0 Å². The molecule has 1 fully saturated rings. The third-order valence-corrected chi connectivity index (χ3v) is 12.9. The fraction of sp³-hybridized carbons (Fsp3) is 0.543. The summed E-state index contributed by atoms with van der Waals surface area (Å²) in [5.41, 5.74) is 6.03. The zero-order valence-corrected chi connectivity index (χ0v) is 34.0. The van der Waals surface area contributed by atoms with Gasteiger partial charge in [-0.15, -0.1) is 0 Å². The Bertz CT molecular complexity index is 1850. The molecule has 0 radical (unpaired) electrons. The molecule has 0 saturated carbocycles. The Hall–Kier alpha value is -4.25. The van der Waals surface area contributed by atoms with Crippen LogP contribution in [0.15, 0.2) is 66.4 Å². The van der Waals surface area contributed by atoms with Crippen LogP contribution in [0.3, 0.4) is 0 Å². The van der Waals surface area contributed by atoms with E-state index in [1.165, 1.54) is 16.7 Å². The zero-order chi connectivity index (χ0) is 39.3. The number of benzene rings is 3. The van der Waals surface area contributed by atoms with Gasteiger partial charge in [-0.2, -0.15) is 0 Å². The number of nitrogens with zero attached hydrogens (tertiary/aromatic N) is 2. The Balaban J connectivity index is 1.27. The predicted molar refractivity (Wildman–Crippen MR) is 215 cm³/mol. The van der Waals surface area contributed by atoms with E-state index in [9.17, 15) is 5.11 Å². The maximum absolute atomic E-state index is 15.2. The topological polar surface area (TPSA) is 99.2 Å². The number of rotatable bonds is 14. The molecular formula is C46H60N2O8. The number of aliphatic hydroxyl groups excluding tert-OH is 1. The summed E-state index contributed by atoms with van der Waals surface area (Å²) < 4.78 is 35.9. The molecule has 4 aliphatic rings. The largest absolute Gasteiger partial charge is 0.493 e. The third-order valence-electron chi connectivity index (χ3n) is 12.9. The highest BCUT2D eigenvalue weighted by molar-refractivity contribution is 5.92. The normalized spacial score (nSPS) is 25.9. The number of hydrogen-bond donors (Lipinski definition) is 1. The number of fused-ring (bicyclic) bond motifs is 4. The van der Waals surface area contributed by atoms with Crippen LogP contribution in [0.25, 0.3) is 0 Å². The van der Waals surface area contributed by atoms with Crippen molar-refractivity contribution < 1.29 is 38.3 Å². The maximum atomic E-state index is 15.2. The second kappa shape index (κ2) is 17.9. The van der Waals surface area contributed by atoms with Gasteiger partial charge in [0.15, 0.2) is 28.8 Å². The number of aliphatic hydroxyl groups is 1. The van der Waals surface area contributed by atoms with Crippen LogP contribution in [-0.4, -0.2) is 88.4 Å². The average Bonchev–Trinajstić information content (AvgIpc) is 3.24. The smallest absolute Gasteiger partial charge is 0.289 e. The van der Waals surface area contributed by atoms with Crippen molar-refractivity contribution in [2.75, 3.05) is 61.3 Å². The number of methoxy groups -OCH3 is 4. The van der Waals surface area contributed by atoms with E-state index in [1.54, 1.807) is 28.4 Å². The SMILES string of the molecule is CCOC1OC(C(=O)N2CCc3cc(OC)c(OC)cc3C2CC2CC3c4cc(OC)c(OC)cc4CCN3CC2CC)=CC(c2ccccc2)C1CCCO. The van der Waals surface area contributed by atoms with Gasteiger partial charge in [0.05, 0.1) is 34.5 Å². The maximum Gasteiger partial charge on any atom is 0.289 e. The van der Waals surface area contributed by atoms with Gasteiger partial charge in [0, 0.05) is 50.7 Å². The van der Waals surface area contributed by atoms with Crippen molar-refractivity contribution in [1.82, 2.24) is 9.80 Å². The lowest BCUT2D eigenvalue weighted by molar-refractivity contribution is -0.171. The monoisotopic (exact) mass is 768 g/mol.